The van der Waals surface area contributed by atoms with Crippen LogP contribution in [-0.4, -0.2) is 25.1 Å². The molecule has 1 amide bonds. The van der Waals surface area contributed by atoms with Crippen molar-refractivity contribution in [2.24, 2.45) is 0 Å². The molecular formula is C14H19ClN2O2. The molecule has 0 aliphatic carbocycles. The lowest BCUT2D eigenvalue weighted by Crippen LogP contribution is -2.34. The first-order valence-electron chi connectivity index (χ1n) is 6.61. The van der Waals surface area contributed by atoms with Crippen molar-refractivity contribution in [1.29, 1.82) is 0 Å². The van der Waals surface area contributed by atoms with Crippen LogP contribution in [0.1, 0.15) is 24.8 Å². The van der Waals surface area contributed by atoms with Gasteiger partial charge in [-0.25, -0.2) is 0 Å². The molecule has 0 atom stereocenters. The van der Waals surface area contributed by atoms with Gasteiger partial charge in [0.1, 0.15) is 11.9 Å². The molecule has 0 unspecified atom stereocenters. The summed E-state index contributed by atoms with van der Waals surface area (Å²) in [5.74, 6) is 0.962. The van der Waals surface area contributed by atoms with E-state index in [2.05, 4.69) is 16.7 Å². The lowest BCUT2D eigenvalue weighted by molar-refractivity contribution is -0.116. The molecule has 104 valence electrons. The second-order valence-electron chi connectivity index (χ2n) is 4.93. The second kappa shape index (κ2) is 6.26. The van der Waals surface area contributed by atoms with Gasteiger partial charge in [0, 0.05) is 18.2 Å². The van der Waals surface area contributed by atoms with Gasteiger partial charge in [0.15, 0.2) is 0 Å². The van der Waals surface area contributed by atoms with Crippen molar-refractivity contribution in [3.63, 3.8) is 0 Å². The Morgan fingerprint density at radius 2 is 1.95 bits per heavy atom. The zero-order chi connectivity index (χ0) is 12.4. The fraction of sp³-hybridized carbons (Fsp3) is 0.500. The number of benzene rings is 1. The highest BCUT2D eigenvalue weighted by Gasteiger charge is 2.17. The van der Waals surface area contributed by atoms with E-state index >= 15 is 0 Å². The Kier molecular flexibility index (Phi) is 4.66. The third-order valence-electron chi connectivity index (χ3n) is 3.57. The number of fused-ring (bicyclic) bond motifs is 1. The van der Waals surface area contributed by atoms with Crippen LogP contribution in [0.4, 0.5) is 5.69 Å². The summed E-state index contributed by atoms with van der Waals surface area (Å²) < 4.78 is 5.97. The van der Waals surface area contributed by atoms with Crippen LogP contribution < -0.4 is 15.4 Å². The van der Waals surface area contributed by atoms with Crippen LogP contribution in [0.2, 0.25) is 0 Å². The van der Waals surface area contributed by atoms with Crippen LogP contribution in [0.25, 0.3) is 0 Å². The van der Waals surface area contributed by atoms with Crippen molar-refractivity contribution < 1.29 is 9.53 Å². The van der Waals surface area contributed by atoms with Gasteiger partial charge in [-0.1, -0.05) is 6.07 Å². The summed E-state index contributed by atoms with van der Waals surface area (Å²) in [4.78, 5) is 11.4. The van der Waals surface area contributed by atoms with Gasteiger partial charge in [0.25, 0.3) is 0 Å². The first kappa shape index (κ1) is 14.2. The summed E-state index contributed by atoms with van der Waals surface area (Å²) in [7, 11) is 0. The number of piperidine rings is 1. The third-order valence-corrected chi connectivity index (χ3v) is 3.57. The lowest BCUT2D eigenvalue weighted by atomic mass is 10.0. The molecule has 4 nitrogen and oxygen atoms in total. The van der Waals surface area contributed by atoms with Crippen LogP contribution >= 0.6 is 12.4 Å². The molecule has 0 saturated carbocycles. The molecule has 3 rings (SSSR count). The number of rotatable bonds is 2. The summed E-state index contributed by atoms with van der Waals surface area (Å²) in [6, 6.07) is 6.03. The molecule has 5 heteroatoms. The minimum atomic E-state index is 0. The Morgan fingerprint density at radius 3 is 2.74 bits per heavy atom. The number of carbonyl (C=O) groups excluding carboxylic acids is 1. The van der Waals surface area contributed by atoms with E-state index in [0.29, 0.717) is 12.5 Å². The minimum absolute atomic E-state index is 0. The standard InChI is InChI=1S/C14H18N2O2.ClH/c17-14-4-2-10-1-3-12(9-13(10)16-14)18-11-5-7-15-8-6-11;/h1,3,9,11,15H,2,4-8H2,(H,16,17);1H. The van der Waals surface area contributed by atoms with Crippen LogP contribution in [0, 0.1) is 0 Å². The predicted molar refractivity (Wildman–Crippen MR) is 77.2 cm³/mol. The van der Waals surface area contributed by atoms with Gasteiger partial charge in [0.05, 0.1) is 0 Å². The molecule has 19 heavy (non-hydrogen) atoms. The van der Waals surface area contributed by atoms with Gasteiger partial charge in [-0.15, -0.1) is 12.4 Å². The van der Waals surface area contributed by atoms with Gasteiger partial charge in [0.2, 0.25) is 5.91 Å². The summed E-state index contributed by atoms with van der Waals surface area (Å²) in [6.07, 6.45) is 3.80. The van der Waals surface area contributed by atoms with Gasteiger partial charge in [-0.3, -0.25) is 4.79 Å². The van der Waals surface area contributed by atoms with Gasteiger partial charge in [-0.2, -0.15) is 0 Å². The molecule has 0 aromatic heterocycles. The maximum Gasteiger partial charge on any atom is 0.224 e. The summed E-state index contributed by atoms with van der Waals surface area (Å²) in [5.41, 5.74) is 2.12. The Morgan fingerprint density at radius 1 is 1.16 bits per heavy atom. The molecule has 2 aliphatic rings. The quantitative estimate of drug-likeness (QED) is 0.874. The van der Waals surface area contributed by atoms with Crippen LogP contribution in [0.5, 0.6) is 5.75 Å². The monoisotopic (exact) mass is 282 g/mol. The molecule has 2 aliphatic heterocycles. The zero-order valence-corrected chi connectivity index (χ0v) is 11.6. The molecule has 0 bridgehead atoms. The Balaban J connectivity index is 0.00000133. The third kappa shape index (κ3) is 3.39. The Labute approximate surface area is 119 Å². The van der Waals surface area contributed by atoms with Crippen LogP contribution in [0.3, 0.4) is 0 Å². The summed E-state index contributed by atoms with van der Waals surface area (Å²) in [5, 5.41) is 6.23. The molecule has 1 saturated heterocycles. The average molecular weight is 283 g/mol. The van der Waals surface area contributed by atoms with E-state index in [4.69, 9.17) is 4.74 Å². The minimum Gasteiger partial charge on any atom is -0.490 e. The van der Waals surface area contributed by atoms with Crippen molar-refractivity contribution in [2.75, 3.05) is 18.4 Å². The van der Waals surface area contributed by atoms with E-state index in [-0.39, 0.29) is 18.3 Å². The highest BCUT2D eigenvalue weighted by molar-refractivity contribution is 5.94. The largest absolute Gasteiger partial charge is 0.490 e. The molecule has 1 aromatic carbocycles. The van der Waals surface area contributed by atoms with Crippen LogP contribution in [-0.2, 0) is 11.2 Å². The van der Waals surface area contributed by atoms with Crippen LogP contribution in [0.15, 0.2) is 18.2 Å². The smallest absolute Gasteiger partial charge is 0.224 e. The Hall–Kier alpha value is -1.26. The lowest BCUT2D eigenvalue weighted by Gasteiger charge is -2.25. The highest BCUT2D eigenvalue weighted by Crippen LogP contribution is 2.28. The van der Waals surface area contributed by atoms with E-state index in [1.807, 2.05) is 12.1 Å². The van der Waals surface area contributed by atoms with Crippen molar-refractivity contribution >= 4 is 24.0 Å². The van der Waals surface area contributed by atoms with E-state index in [1.54, 1.807) is 0 Å². The number of aryl methyl sites for hydroxylation is 1. The number of amides is 1. The molecule has 0 radical (unpaired) electrons. The summed E-state index contributed by atoms with van der Waals surface area (Å²) >= 11 is 0. The van der Waals surface area contributed by atoms with Gasteiger partial charge >= 0.3 is 0 Å². The number of hydrogen-bond donors (Lipinski definition) is 2. The number of anilines is 1. The molecular weight excluding hydrogens is 264 g/mol. The van der Waals surface area contributed by atoms with E-state index in [1.165, 1.54) is 5.56 Å². The van der Waals surface area contributed by atoms with Gasteiger partial charge < -0.3 is 15.4 Å². The fourth-order valence-electron chi connectivity index (χ4n) is 2.53. The Bertz CT molecular complexity index is 459. The van der Waals surface area contributed by atoms with E-state index in [0.717, 1.165) is 43.8 Å². The molecule has 2 heterocycles. The average Bonchev–Trinajstić information content (AvgIpc) is 2.39. The normalized spacial score (nSPS) is 19.1. The number of nitrogens with one attached hydrogen (secondary N) is 2. The number of hydrogen-bond acceptors (Lipinski definition) is 3. The highest BCUT2D eigenvalue weighted by atomic mass is 35.5. The number of carbonyl (C=O) groups is 1. The van der Waals surface area contributed by atoms with E-state index < -0.39 is 0 Å². The van der Waals surface area contributed by atoms with Crippen molar-refractivity contribution in [3.05, 3.63) is 23.8 Å². The predicted octanol–water partition coefficient (Wildman–Crippen LogP) is 2.12. The van der Waals surface area contributed by atoms with E-state index in [9.17, 15) is 4.79 Å². The molecule has 2 N–H and O–H groups in total. The maximum atomic E-state index is 11.4. The number of ether oxygens (including phenoxy) is 1. The molecule has 1 aromatic rings. The van der Waals surface area contributed by atoms with Gasteiger partial charge in [-0.05, 0) is 44.0 Å². The van der Waals surface area contributed by atoms with Crippen molar-refractivity contribution in [3.8, 4) is 5.75 Å². The summed E-state index contributed by atoms with van der Waals surface area (Å²) in [6.45, 7) is 2.04. The zero-order valence-electron chi connectivity index (χ0n) is 10.8. The first-order valence-corrected chi connectivity index (χ1v) is 6.61. The fourth-order valence-corrected chi connectivity index (χ4v) is 2.53. The number of halogens is 1. The maximum absolute atomic E-state index is 11.4. The second-order valence-corrected chi connectivity index (χ2v) is 4.93. The first-order chi connectivity index (χ1) is 8.81. The van der Waals surface area contributed by atoms with Crippen molar-refractivity contribution in [1.82, 2.24) is 5.32 Å². The molecule has 1 fully saturated rings. The van der Waals surface area contributed by atoms with Crippen molar-refractivity contribution in [2.45, 2.75) is 31.8 Å². The SMILES string of the molecule is Cl.O=C1CCc2ccc(OC3CCNCC3)cc2N1. The molecule has 0 spiro atoms. The topological polar surface area (TPSA) is 50.4 Å².